The Kier molecular flexibility index (Phi) is 8.55. The molecule has 8 nitrogen and oxygen atoms in total. The highest BCUT2D eigenvalue weighted by Gasteiger charge is 2.14. The van der Waals surface area contributed by atoms with Crippen LogP contribution in [0.3, 0.4) is 0 Å². The first-order valence-corrected chi connectivity index (χ1v) is 9.49. The lowest BCUT2D eigenvalue weighted by atomic mass is 10.1. The summed E-state index contributed by atoms with van der Waals surface area (Å²) in [4.78, 5) is 23.1. The molecule has 2 rings (SSSR count). The van der Waals surface area contributed by atoms with Crippen LogP contribution in [0.5, 0.6) is 17.2 Å². The Hall–Kier alpha value is -3.41. The van der Waals surface area contributed by atoms with Gasteiger partial charge >= 0.3 is 5.97 Å². The predicted octanol–water partition coefficient (Wildman–Crippen LogP) is 3.70. The van der Waals surface area contributed by atoms with Crippen molar-refractivity contribution in [2.75, 3.05) is 20.8 Å². The number of carbonyl (C=O) groups excluding carboxylic acids is 1. The van der Waals surface area contributed by atoms with Crippen molar-refractivity contribution < 1.29 is 28.9 Å². The number of carbonyl (C=O) groups is 2. The van der Waals surface area contributed by atoms with Crippen LogP contribution in [-0.2, 0) is 16.1 Å². The Bertz CT molecular complexity index is 1040. The number of nitriles is 1. The first-order valence-electron chi connectivity index (χ1n) is 8.73. The third-order valence-corrected chi connectivity index (χ3v) is 4.53. The third kappa shape index (κ3) is 6.54. The van der Waals surface area contributed by atoms with Crippen LogP contribution < -0.4 is 19.5 Å². The quantitative estimate of drug-likeness (QED) is 0.428. The number of aliphatic carboxylic acids is 1. The summed E-state index contributed by atoms with van der Waals surface area (Å²) in [5.41, 5.74) is 0.880. The lowest BCUT2D eigenvalue weighted by Crippen LogP contribution is -2.24. The molecule has 10 heteroatoms. The molecule has 0 bridgehead atoms. The Balaban J connectivity index is 2.17. The molecular weight excluding hydrogens is 447 g/mol. The fourth-order valence-electron chi connectivity index (χ4n) is 2.52. The Morgan fingerprint density at radius 2 is 1.84 bits per heavy atom. The molecule has 0 fully saturated rings. The zero-order chi connectivity index (χ0) is 23.0. The number of carboxylic acid groups (broad SMARTS) is 1. The fourth-order valence-corrected chi connectivity index (χ4v) is 3.13. The van der Waals surface area contributed by atoms with Gasteiger partial charge in [0.05, 0.1) is 24.3 Å². The van der Waals surface area contributed by atoms with E-state index < -0.39 is 18.5 Å². The summed E-state index contributed by atoms with van der Waals surface area (Å²) in [7, 11) is 3.03. The van der Waals surface area contributed by atoms with Gasteiger partial charge in [0.1, 0.15) is 23.1 Å². The maximum absolute atomic E-state index is 12.5. The standard InChI is InChI=1S/C21H18Cl2N2O6/c1-29-15-4-3-13(18(8-15)30-2)10-25-21(28)14(9-24)5-12-6-16(22)20(17(23)7-12)31-11-19(26)27/h3-8H,10-11H2,1-2H3,(H,25,28)(H,26,27)/b14-5+. The molecule has 31 heavy (non-hydrogen) atoms. The van der Waals surface area contributed by atoms with E-state index in [-0.39, 0.29) is 27.9 Å². The van der Waals surface area contributed by atoms with Crippen molar-refractivity contribution in [1.29, 1.82) is 5.26 Å². The number of nitrogens with zero attached hydrogens (tertiary/aromatic N) is 1. The van der Waals surface area contributed by atoms with Gasteiger partial charge in [-0.25, -0.2) is 4.79 Å². The normalized spacial score (nSPS) is 10.7. The summed E-state index contributed by atoms with van der Waals surface area (Å²) in [5, 5.41) is 20.8. The van der Waals surface area contributed by atoms with Gasteiger partial charge in [0, 0.05) is 18.2 Å². The van der Waals surface area contributed by atoms with Gasteiger partial charge in [0.25, 0.3) is 5.91 Å². The molecule has 0 unspecified atom stereocenters. The Morgan fingerprint density at radius 3 is 2.39 bits per heavy atom. The zero-order valence-corrected chi connectivity index (χ0v) is 18.1. The average Bonchev–Trinajstić information content (AvgIpc) is 2.74. The van der Waals surface area contributed by atoms with Crippen molar-refractivity contribution in [3.8, 4) is 23.3 Å². The summed E-state index contributed by atoms with van der Waals surface area (Å²) in [6.45, 7) is -0.496. The van der Waals surface area contributed by atoms with Crippen molar-refractivity contribution in [3.05, 3.63) is 57.1 Å². The molecule has 0 radical (unpaired) electrons. The minimum absolute atomic E-state index is 0.00237. The van der Waals surface area contributed by atoms with E-state index in [0.717, 1.165) is 0 Å². The lowest BCUT2D eigenvalue weighted by molar-refractivity contribution is -0.139. The van der Waals surface area contributed by atoms with Gasteiger partial charge in [0.2, 0.25) is 0 Å². The van der Waals surface area contributed by atoms with E-state index in [9.17, 15) is 14.9 Å². The van der Waals surface area contributed by atoms with Gasteiger partial charge in [-0.2, -0.15) is 5.26 Å². The minimum atomic E-state index is -1.19. The number of methoxy groups -OCH3 is 2. The smallest absolute Gasteiger partial charge is 0.341 e. The number of halogens is 2. The van der Waals surface area contributed by atoms with Gasteiger partial charge in [-0.05, 0) is 35.9 Å². The van der Waals surface area contributed by atoms with Crippen molar-refractivity contribution in [2.45, 2.75) is 6.54 Å². The maximum atomic E-state index is 12.5. The number of benzene rings is 2. The van der Waals surface area contributed by atoms with E-state index in [1.165, 1.54) is 32.4 Å². The van der Waals surface area contributed by atoms with Crippen LogP contribution in [0.4, 0.5) is 0 Å². The van der Waals surface area contributed by atoms with E-state index in [4.69, 9.17) is 42.5 Å². The van der Waals surface area contributed by atoms with E-state index in [0.29, 0.717) is 22.6 Å². The highest BCUT2D eigenvalue weighted by atomic mass is 35.5. The SMILES string of the molecule is COc1ccc(CNC(=O)/C(C#N)=C/c2cc(Cl)c(OCC(=O)O)c(Cl)c2)c(OC)c1. The molecule has 0 saturated heterocycles. The largest absolute Gasteiger partial charge is 0.497 e. The monoisotopic (exact) mass is 464 g/mol. The van der Waals surface area contributed by atoms with Crippen LogP contribution in [0.15, 0.2) is 35.9 Å². The summed E-state index contributed by atoms with van der Waals surface area (Å²) in [6.07, 6.45) is 1.30. The molecule has 2 aromatic rings. The Morgan fingerprint density at radius 1 is 1.16 bits per heavy atom. The van der Waals surface area contributed by atoms with Gasteiger partial charge in [-0.3, -0.25) is 4.79 Å². The van der Waals surface area contributed by atoms with Crippen molar-refractivity contribution >= 4 is 41.2 Å². The van der Waals surface area contributed by atoms with Gasteiger partial charge in [-0.15, -0.1) is 0 Å². The minimum Gasteiger partial charge on any atom is -0.497 e. The topological polar surface area (TPSA) is 118 Å². The summed E-state index contributed by atoms with van der Waals surface area (Å²) in [6, 6.07) is 9.78. The number of hydrogen-bond donors (Lipinski definition) is 2. The maximum Gasteiger partial charge on any atom is 0.341 e. The zero-order valence-electron chi connectivity index (χ0n) is 16.6. The second-order valence-electron chi connectivity index (χ2n) is 6.03. The Labute approximate surface area is 188 Å². The number of hydrogen-bond acceptors (Lipinski definition) is 6. The van der Waals surface area contributed by atoms with Crippen molar-refractivity contribution in [2.24, 2.45) is 0 Å². The molecule has 0 aromatic heterocycles. The molecule has 0 saturated carbocycles. The first-order chi connectivity index (χ1) is 14.8. The second kappa shape index (κ2) is 11.1. The molecule has 0 atom stereocenters. The van der Waals surface area contributed by atoms with Gasteiger partial charge in [0.15, 0.2) is 12.4 Å². The van der Waals surface area contributed by atoms with Crippen LogP contribution >= 0.6 is 23.2 Å². The number of nitrogens with one attached hydrogen (secondary N) is 1. The molecule has 162 valence electrons. The summed E-state index contributed by atoms with van der Waals surface area (Å²) in [5.74, 6) is -0.670. The fraction of sp³-hybridized carbons (Fsp3) is 0.190. The molecule has 0 aliphatic carbocycles. The second-order valence-corrected chi connectivity index (χ2v) is 6.84. The van der Waals surface area contributed by atoms with Crippen molar-refractivity contribution in [3.63, 3.8) is 0 Å². The number of rotatable bonds is 9. The first kappa shape index (κ1) is 23.9. The molecule has 0 heterocycles. The van der Waals surface area contributed by atoms with E-state index in [2.05, 4.69) is 5.32 Å². The summed E-state index contributed by atoms with van der Waals surface area (Å²) >= 11 is 12.2. The van der Waals surface area contributed by atoms with Crippen LogP contribution in [0.25, 0.3) is 6.08 Å². The van der Waals surface area contributed by atoms with E-state index in [1.807, 2.05) is 6.07 Å². The lowest BCUT2D eigenvalue weighted by Gasteiger charge is -2.11. The van der Waals surface area contributed by atoms with E-state index >= 15 is 0 Å². The van der Waals surface area contributed by atoms with Crippen LogP contribution in [0.2, 0.25) is 10.0 Å². The van der Waals surface area contributed by atoms with Gasteiger partial charge in [-0.1, -0.05) is 23.2 Å². The highest BCUT2D eigenvalue weighted by Crippen LogP contribution is 2.35. The number of amides is 1. The molecule has 2 aromatic carbocycles. The third-order valence-electron chi connectivity index (χ3n) is 3.97. The molecule has 1 amide bonds. The molecule has 2 N–H and O–H groups in total. The molecular formula is C21H18Cl2N2O6. The average molecular weight is 465 g/mol. The van der Waals surface area contributed by atoms with Gasteiger partial charge < -0.3 is 24.6 Å². The summed E-state index contributed by atoms with van der Waals surface area (Å²) < 4.78 is 15.5. The van der Waals surface area contributed by atoms with Crippen LogP contribution in [0, 0.1) is 11.3 Å². The number of carboxylic acids is 1. The predicted molar refractivity (Wildman–Crippen MR) is 115 cm³/mol. The van der Waals surface area contributed by atoms with Crippen molar-refractivity contribution in [1.82, 2.24) is 5.32 Å². The molecule has 0 aliphatic rings. The molecule has 0 spiro atoms. The van der Waals surface area contributed by atoms with Crippen LogP contribution in [-0.4, -0.2) is 37.8 Å². The molecule has 0 aliphatic heterocycles. The van der Waals surface area contributed by atoms with Crippen LogP contribution in [0.1, 0.15) is 11.1 Å². The van der Waals surface area contributed by atoms with E-state index in [1.54, 1.807) is 18.2 Å². The number of ether oxygens (including phenoxy) is 3. The highest BCUT2D eigenvalue weighted by molar-refractivity contribution is 6.37.